The Morgan fingerprint density at radius 2 is 2.00 bits per heavy atom. The predicted molar refractivity (Wildman–Crippen MR) is 114 cm³/mol. The number of ether oxygens (including phenoxy) is 1. The largest absolute Gasteiger partial charge is 0.462 e. The molecule has 1 aromatic rings. The average Bonchev–Trinajstić information content (AvgIpc) is 2.67. The number of pyridine rings is 1. The van der Waals surface area contributed by atoms with Crippen LogP contribution in [0.1, 0.15) is 76.1 Å². The van der Waals surface area contributed by atoms with Gasteiger partial charge in [-0.3, -0.25) is 4.90 Å². The van der Waals surface area contributed by atoms with Crippen molar-refractivity contribution in [3.63, 3.8) is 0 Å². The van der Waals surface area contributed by atoms with Crippen LogP contribution in [0.3, 0.4) is 0 Å². The van der Waals surface area contributed by atoms with Gasteiger partial charge in [0.05, 0.1) is 12.2 Å². The third-order valence-corrected chi connectivity index (χ3v) is 6.33. The van der Waals surface area contributed by atoms with E-state index in [1.165, 1.54) is 38.6 Å². The normalized spacial score (nSPS) is 18.5. The van der Waals surface area contributed by atoms with Crippen molar-refractivity contribution in [2.75, 3.05) is 31.1 Å². The van der Waals surface area contributed by atoms with Gasteiger partial charge in [0, 0.05) is 37.9 Å². The highest BCUT2D eigenvalue weighted by Gasteiger charge is 2.30. The Morgan fingerprint density at radius 3 is 2.54 bits per heavy atom. The molecule has 28 heavy (non-hydrogen) atoms. The number of unbranched alkanes of at least 4 members (excludes halogenated alkanes) is 1. The van der Waals surface area contributed by atoms with E-state index in [1.807, 2.05) is 12.1 Å². The molecule has 0 N–H and O–H groups in total. The molecule has 5 nitrogen and oxygen atoms in total. The lowest BCUT2D eigenvalue weighted by atomic mass is 9.88. The molecule has 5 heteroatoms. The maximum Gasteiger partial charge on any atom is 0.339 e. The van der Waals surface area contributed by atoms with Crippen molar-refractivity contribution < 1.29 is 9.53 Å². The van der Waals surface area contributed by atoms with Crippen molar-refractivity contribution in [1.82, 2.24) is 9.88 Å². The van der Waals surface area contributed by atoms with E-state index >= 15 is 0 Å². The quantitative estimate of drug-likeness (QED) is 0.460. The van der Waals surface area contributed by atoms with Crippen LogP contribution in [0.4, 0.5) is 5.82 Å². The summed E-state index contributed by atoms with van der Waals surface area (Å²) in [4.78, 5) is 21.6. The molecule has 3 rings (SSSR count). The van der Waals surface area contributed by atoms with Crippen molar-refractivity contribution >= 4 is 11.8 Å². The maximum atomic E-state index is 12.0. The van der Waals surface area contributed by atoms with Gasteiger partial charge in [-0.25, -0.2) is 9.78 Å². The van der Waals surface area contributed by atoms with Crippen molar-refractivity contribution in [3.8, 4) is 0 Å². The van der Waals surface area contributed by atoms with E-state index in [9.17, 15) is 4.79 Å². The van der Waals surface area contributed by atoms with Crippen LogP contribution in [0.15, 0.2) is 18.3 Å². The van der Waals surface area contributed by atoms with Gasteiger partial charge in [-0.15, -0.1) is 0 Å². The number of carbonyl (C=O) groups is 1. The number of esters is 1. The van der Waals surface area contributed by atoms with E-state index in [1.54, 1.807) is 6.20 Å². The van der Waals surface area contributed by atoms with Gasteiger partial charge in [0.15, 0.2) is 0 Å². The molecule has 0 unspecified atom stereocenters. The highest BCUT2D eigenvalue weighted by molar-refractivity contribution is 5.89. The van der Waals surface area contributed by atoms with Gasteiger partial charge in [-0.1, -0.05) is 19.8 Å². The second-order valence-corrected chi connectivity index (χ2v) is 8.70. The molecule has 1 aliphatic carbocycles. The topological polar surface area (TPSA) is 45.7 Å². The molecule has 2 heterocycles. The Balaban J connectivity index is 1.47. The summed E-state index contributed by atoms with van der Waals surface area (Å²) in [6.07, 6.45) is 10.2. The lowest BCUT2D eigenvalue weighted by Gasteiger charge is -2.43. The van der Waals surface area contributed by atoms with Crippen LogP contribution in [0, 0.1) is 5.92 Å². The second-order valence-electron chi connectivity index (χ2n) is 8.70. The number of rotatable bonds is 9. The smallest absolute Gasteiger partial charge is 0.339 e. The maximum absolute atomic E-state index is 12.0. The lowest BCUT2D eigenvalue weighted by Crippen LogP contribution is -2.48. The van der Waals surface area contributed by atoms with Crippen LogP contribution >= 0.6 is 0 Å². The van der Waals surface area contributed by atoms with Gasteiger partial charge < -0.3 is 9.64 Å². The Morgan fingerprint density at radius 1 is 1.25 bits per heavy atom. The van der Waals surface area contributed by atoms with E-state index in [0.29, 0.717) is 18.2 Å². The minimum atomic E-state index is -0.268. The van der Waals surface area contributed by atoms with Crippen LogP contribution in [0.5, 0.6) is 0 Å². The van der Waals surface area contributed by atoms with Gasteiger partial charge >= 0.3 is 5.97 Å². The van der Waals surface area contributed by atoms with Gasteiger partial charge in [0.1, 0.15) is 5.82 Å². The molecule has 0 aromatic carbocycles. The zero-order chi connectivity index (χ0) is 19.9. The number of hydrogen-bond acceptors (Lipinski definition) is 5. The van der Waals surface area contributed by atoms with Crippen LogP contribution < -0.4 is 4.90 Å². The molecule has 0 amide bonds. The van der Waals surface area contributed by atoms with Crippen molar-refractivity contribution in [2.45, 2.75) is 77.8 Å². The molecule has 1 aromatic heterocycles. The Hall–Kier alpha value is -1.62. The first kappa shape index (κ1) is 21.1. The van der Waals surface area contributed by atoms with E-state index in [2.05, 4.69) is 35.6 Å². The molecule has 0 atom stereocenters. The number of nitrogens with zero attached hydrogens (tertiary/aromatic N) is 3. The number of carbonyl (C=O) groups excluding carboxylic acids is 1. The molecule has 1 saturated carbocycles. The summed E-state index contributed by atoms with van der Waals surface area (Å²) >= 11 is 0. The second kappa shape index (κ2) is 10.2. The summed E-state index contributed by atoms with van der Waals surface area (Å²) in [7, 11) is 0. The van der Waals surface area contributed by atoms with Crippen molar-refractivity contribution in [3.05, 3.63) is 23.9 Å². The molecule has 2 aliphatic rings. The van der Waals surface area contributed by atoms with E-state index < -0.39 is 0 Å². The summed E-state index contributed by atoms with van der Waals surface area (Å²) in [5, 5.41) is 0. The first-order valence-corrected chi connectivity index (χ1v) is 11.2. The molecule has 0 spiro atoms. The molecule has 156 valence electrons. The summed E-state index contributed by atoms with van der Waals surface area (Å²) in [5.74, 6) is 1.49. The standard InChI is InChI=1S/C23H37N3O2/c1-4-5-15-28-23(27)20-9-10-22(24-16-20)25-13-11-19(12-14-25)17-26(18(2)3)21-7-6-8-21/h9-10,16,18-19,21H,4-8,11-15,17H2,1-3H3. The van der Waals surface area contributed by atoms with Crippen molar-refractivity contribution in [1.29, 1.82) is 0 Å². The molecule has 1 aliphatic heterocycles. The van der Waals surface area contributed by atoms with Crippen molar-refractivity contribution in [2.24, 2.45) is 5.92 Å². The zero-order valence-electron chi connectivity index (χ0n) is 17.9. The highest BCUT2D eigenvalue weighted by atomic mass is 16.5. The third-order valence-electron chi connectivity index (χ3n) is 6.33. The molecule has 2 fully saturated rings. The predicted octanol–water partition coefficient (Wildman–Crippen LogP) is 4.52. The van der Waals surface area contributed by atoms with E-state index in [4.69, 9.17) is 4.74 Å². The third kappa shape index (κ3) is 5.47. The van der Waals surface area contributed by atoms with Crippen LogP contribution in [-0.2, 0) is 4.74 Å². The molecular weight excluding hydrogens is 350 g/mol. The highest BCUT2D eigenvalue weighted by Crippen LogP contribution is 2.30. The van der Waals surface area contributed by atoms with Gasteiger partial charge in [-0.05, 0) is 64.0 Å². The van der Waals surface area contributed by atoms with Gasteiger partial charge in [0.25, 0.3) is 0 Å². The van der Waals surface area contributed by atoms with Gasteiger partial charge in [-0.2, -0.15) is 0 Å². The zero-order valence-corrected chi connectivity index (χ0v) is 17.9. The van der Waals surface area contributed by atoms with E-state index in [0.717, 1.165) is 43.7 Å². The first-order valence-electron chi connectivity index (χ1n) is 11.2. The minimum Gasteiger partial charge on any atom is -0.462 e. The lowest BCUT2D eigenvalue weighted by molar-refractivity contribution is 0.0499. The van der Waals surface area contributed by atoms with E-state index in [-0.39, 0.29) is 5.97 Å². The van der Waals surface area contributed by atoms with Crippen LogP contribution in [0.25, 0.3) is 0 Å². The molecule has 0 bridgehead atoms. The Kier molecular flexibility index (Phi) is 7.72. The summed E-state index contributed by atoms with van der Waals surface area (Å²) in [6.45, 7) is 10.6. The van der Waals surface area contributed by atoms with Gasteiger partial charge in [0.2, 0.25) is 0 Å². The first-order chi connectivity index (χ1) is 13.6. The summed E-state index contributed by atoms with van der Waals surface area (Å²) in [6, 6.07) is 5.28. The molecular formula is C23H37N3O2. The fourth-order valence-electron chi connectivity index (χ4n) is 4.23. The Bertz CT molecular complexity index is 605. The number of piperidine rings is 1. The summed E-state index contributed by atoms with van der Waals surface area (Å²) < 4.78 is 5.26. The van der Waals surface area contributed by atoms with Crippen LogP contribution in [0.2, 0.25) is 0 Å². The molecule has 1 saturated heterocycles. The number of anilines is 1. The minimum absolute atomic E-state index is 0.268. The fraction of sp³-hybridized carbons (Fsp3) is 0.739. The Labute approximate surface area is 170 Å². The van der Waals surface area contributed by atoms with Crippen LogP contribution in [-0.4, -0.2) is 54.2 Å². The average molecular weight is 388 g/mol. The molecule has 0 radical (unpaired) electrons. The summed E-state index contributed by atoms with van der Waals surface area (Å²) in [5.41, 5.74) is 0.544. The number of hydrogen-bond donors (Lipinski definition) is 0. The number of aromatic nitrogens is 1. The fourth-order valence-corrected chi connectivity index (χ4v) is 4.23. The SMILES string of the molecule is CCCCOC(=O)c1ccc(N2CCC(CN(C(C)C)C3CCC3)CC2)nc1. The monoisotopic (exact) mass is 387 g/mol.